The number of H-pyrrole nitrogens is 1. The molecule has 2 N–H and O–H groups in total. The minimum Gasteiger partial charge on any atom is -0.345 e. The average molecular weight is 265 g/mol. The largest absolute Gasteiger partial charge is 0.345 e. The molecule has 0 radical (unpaired) electrons. The number of aryl methyl sites for hydroxylation is 1. The first kappa shape index (κ1) is 12.4. The molecule has 0 spiro atoms. The van der Waals surface area contributed by atoms with E-state index in [1.807, 2.05) is 55.5 Å². The molecule has 20 heavy (non-hydrogen) atoms. The minimum atomic E-state index is -0.193. The fourth-order valence-corrected chi connectivity index (χ4v) is 2.03. The van der Waals surface area contributed by atoms with Crippen LogP contribution in [0.3, 0.4) is 0 Å². The zero-order chi connectivity index (χ0) is 13.9. The van der Waals surface area contributed by atoms with Crippen LogP contribution in [0.2, 0.25) is 0 Å². The standard InChI is InChI=1S/C16H15N3O/c1-11-6-8-12(9-7-11)10-17-16(20)15-18-13-4-2-3-5-14(13)19-15/h2-9H,10H2,1H3,(H,17,20)(H,18,19). The number of hydrogen-bond donors (Lipinski definition) is 2. The van der Waals surface area contributed by atoms with Crippen LogP contribution in [0.5, 0.6) is 0 Å². The molecule has 0 saturated carbocycles. The van der Waals surface area contributed by atoms with Gasteiger partial charge in [0.1, 0.15) is 0 Å². The molecule has 4 nitrogen and oxygen atoms in total. The Morgan fingerprint density at radius 2 is 1.90 bits per heavy atom. The number of carbonyl (C=O) groups is 1. The highest BCUT2D eigenvalue weighted by Crippen LogP contribution is 2.10. The molecule has 1 heterocycles. The van der Waals surface area contributed by atoms with Gasteiger partial charge >= 0.3 is 0 Å². The number of rotatable bonds is 3. The normalized spacial score (nSPS) is 10.7. The van der Waals surface area contributed by atoms with E-state index in [1.54, 1.807) is 0 Å². The molecule has 1 amide bonds. The number of imidazole rings is 1. The molecule has 0 unspecified atom stereocenters. The summed E-state index contributed by atoms with van der Waals surface area (Å²) < 4.78 is 0. The van der Waals surface area contributed by atoms with Gasteiger partial charge in [0.15, 0.2) is 5.82 Å². The summed E-state index contributed by atoms with van der Waals surface area (Å²) in [5, 5.41) is 2.86. The summed E-state index contributed by atoms with van der Waals surface area (Å²) in [7, 11) is 0. The quantitative estimate of drug-likeness (QED) is 0.765. The van der Waals surface area contributed by atoms with Gasteiger partial charge in [0.2, 0.25) is 0 Å². The predicted molar refractivity (Wildman–Crippen MR) is 78.4 cm³/mol. The van der Waals surface area contributed by atoms with Crippen molar-refractivity contribution < 1.29 is 4.79 Å². The van der Waals surface area contributed by atoms with Gasteiger partial charge in [-0.15, -0.1) is 0 Å². The highest BCUT2D eigenvalue weighted by atomic mass is 16.2. The smallest absolute Gasteiger partial charge is 0.287 e. The molecule has 4 heteroatoms. The molecule has 0 aliphatic carbocycles. The van der Waals surface area contributed by atoms with Crippen molar-refractivity contribution >= 4 is 16.9 Å². The lowest BCUT2D eigenvalue weighted by atomic mass is 10.1. The van der Waals surface area contributed by atoms with Crippen LogP contribution in [0.15, 0.2) is 48.5 Å². The Morgan fingerprint density at radius 1 is 1.15 bits per heavy atom. The number of nitrogens with zero attached hydrogens (tertiary/aromatic N) is 1. The molecular formula is C16H15N3O. The first-order chi connectivity index (χ1) is 9.72. The summed E-state index contributed by atoms with van der Waals surface area (Å²) in [6, 6.07) is 15.7. The lowest BCUT2D eigenvalue weighted by Gasteiger charge is -2.03. The summed E-state index contributed by atoms with van der Waals surface area (Å²) in [6.07, 6.45) is 0. The third-order valence-corrected chi connectivity index (χ3v) is 3.18. The van der Waals surface area contributed by atoms with Crippen molar-refractivity contribution in [1.29, 1.82) is 0 Å². The molecular weight excluding hydrogens is 250 g/mol. The van der Waals surface area contributed by atoms with Gasteiger partial charge in [0.25, 0.3) is 5.91 Å². The summed E-state index contributed by atoms with van der Waals surface area (Å²) in [4.78, 5) is 19.3. The zero-order valence-corrected chi connectivity index (χ0v) is 11.2. The summed E-state index contributed by atoms with van der Waals surface area (Å²) in [6.45, 7) is 2.53. The van der Waals surface area contributed by atoms with Crippen LogP contribution in [0.1, 0.15) is 21.7 Å². The van der Waals surface area contributed by atoms with Gasteiger partial charge in [-0.05, 0) is 24.6 Å². The second-order valence-corrected chi connectivity index (χ2v) is 4.77. The van der Waals surface area contributed by atoms with Crippen LogP contribution < -0.4 is 5.32 Å². The Kier molecular flexibility index (Phi) is 3.21. The van der Waals surface area contributed by atoms with E-state index in [9.17, 15) is 4.79 Å². The van der Waals surface area contributed by atoms with Gasteiger partial charge in [0.05, 0.1) is 11.0 Å². The van der Waals surface area contributed by atoms with Gasteiger partial charge in [-0.1, -0.05) is 42.0 Å². The molecule has 3 aromatic rings. The highest BCUT2D eigenvalue weighted by Gasteiger charge is 2.10. The molecule has 0 bridgehead atoms. The Labute approximate surface area is 116 Å². The molecule has 0 aliphatic rings. The fourth-order valence-electron chi connectivity index (χ4n) is 2.03. The Hall–Kier alpha value is -2.62. The molecule has 1 aromatic heterocycles. The van der Waals surface area contributed by atoms with E-state index in [1.165, 1.54) is 5.56 Å². The Balaban J connectivity index is 1.71. The lowest BCUT2D eigenvalue weighted by Crippen LogP contribution is -2.23. The number of hydrogen-bond acceptors (Lipinski definition) is 2. The molecule has 3 rings (SSSR count). The number of carbonyl (C=O) groups excluding carboxylic acids is 1. The van der Waals surface area contributed by atoms with Gasteiger partial charge in [0, 0.05) is 6.54 Å². The van der Waals surface area contributed by atoms with Gasteiger partial charge in [-0.3, -0.25) is 4.79 Å². The molecule has 0 aliphatic heterocycles. The number of aromatic nitrogens is 2. The molecule has 0 saturated heterocycles. The number of amides is 1. The second kappa shape index (κ2) is 5.17. The Bertz CT molecular complexity index is 711. The van der Waals surface area contributed by atoms with Gasteiger partial charge < -0.3 is 10.3 Å². The van der Waals surface area contributed by atoms with Crippen LogP contribution in [0.25, 0.3) is 11.0 Å². The van der Waals surface area contributed by atoms with Crippen molar-refractivity contribution in [3.8, 4) is 0 Å². The van der Waals surface area contributed by atoms with Crippen LogP contribution in [0, 0.1) is 6.92 Å². The average Bonchev–Trinajstić information content (AvgIpc) is 2.90. The monoisotopic (exact) mass is 265 g/mol. The second-order valence-electron chi connectivity index (χ2n) is 4.77. The summed E-state index contributed by atoms with van der Waals surface area (Å²) >= 11 is 0. The van der Waals surface area contributed by atoms with E-state index in [2.05, 4.69) is 15.3 Å². The van der Waals surface area contributed by atoms with E-state index in [-0.39, 0.29) is 5.91 Å². The van der Waals surface area contributed by atoms with Crippen molar-refractivity contribution in [2.45, 2.75) is 13.5 Å². The van der Waals surface area contributed by atoms with E-state index in [0.717, 1.165) is 16.6 Å². The predicted octanol–water partition coefficient (Wildman–Crippen LogP) is 2.80. The zero-order valence-electron chi connectivity index (χ0n) is 11.2. The van der Waals surface area contributed by atoms with Crippen molar-refractivity contribution in [3.05, 3.63) is 65.5 Å². The number of benzene rings is 2. The topological polar surface area (TPSA) is 57.8 Å². The number of para-hydroxylation sites is 2. The summed E-state index contributed by atoms with van der Waals surface area (Å²) in [5.74, 6) is 0.153. The van der Waals surface area contributed by atoms with E-state index in [0.29, 0.717) is 12.4 Å². The lowest BCUT2D eigenvalue weighted by molar-refractivity contribution is 0.0942. The number of fused-ring (bicyclic) bond motifs is 1. The van der Waals surface area contributed by atoms with E-state index < -0.39 is 0 Å². The van der Waals surface area contributed by atoms with Crippen molar-refractivity contribution in [3.63, 3.8) is 0 Å². The van der Waals surface area contributed by atoms with Crippen molar-refractivity contribution in [2.75, 3.05) is 0 Å². The van der Waals surface area contributed by atoms with Gasteiger partial charge in [-0.2, -0.15) is 0 Å². The molecule has 100 valence electrons. The first-order valence-electron chi connectivity index (χ1n) is 6.51. The third kappa shape index (κ3) is 2.54. The maximum Gasteiger partial charge on any atom is 0.287 e. The molecule has 0 atom stereocenters. The van der Waals surface area contributed by atoms with Crippen LogP contribution in [-0.4, -0.2) is 15.9 Å². The molecule has 2 aromatic carbocycles. The summed E-state index contributed by atoms with van der Waals surface area (Å²) in [5.41, 5.74) is 3.94. The minimum absolute atomic E-state index is 0.193. The highest BCUT2D eigenvalue weighted by molar-refractivity contribution is 5.94. The number of aromatic amines is 1. The maximum absolute atomic E-state index is 12.0. The van der Waals surface area contributed by atoms with Crippen LogP contribution in [-0.2, 0) is 6.54 Å². The van der Waals surface area contributed by atoms with E-state index >= 15 is 0 Å². The van der Waals surface area contributed by atoms with E-state index in [4.69, 9.17) is 0 Å². The maximum atomic E-state index is 12.0. The SMILES string of the molecule is Cc1ccc(CNC(=O)c2nc3ccccc3[nH]2)cc1. The number of nitrogens with one attached hydrogen (secondary N) is 2. The van der Waals surface area contributed by atoms with Crippen LogP contribution >= 0.6 is 0 Å². The fraction of sp³-hybridized carbons (Fsp3) is 0.125. The third-order valence-electron chi connectivity index (χ3n) is 3.18. The van der Waals surface area contributed by atoms with Gasteiger partial charge in [-0.25, -0.2) is 4.98 Å². The first-order valence-corrected chi connectivity index (χ1v) is 6.51. The Morgan fingerprint density at radius 3 is 2.65 bits per heavy atom. The van der Waals surface area contributed by atoms with Crippen molar-refractivity contribution in [1.82, 2.24) is 15.3 Å². The molecule has 0 fully saturated rings. The van der Waals surface area contributed by atoms with Crippen molar-refractivity contribution in [2.24, 2.45) is 0 Å². The van der Waals surface area contributed by atoms with Crippen LogP contribution in [0.4, 0.5) is 0 Å².